The van der Waals surface area contributed by atoms with Crippen LogP contribution in [0.4, 0.5) is 0 Å². The van der Waals surface area contributed by atoms with E-state index in [0.717, 1.165) is 45.3 Å². The van der Waals surface area contributed by atoms with Crippen LogP contribution in [0.2, 0.25) is 0 Å². The zero-order valence-electron chi connectivity index (χ0n) is 16.6. The number of fused-ring (bicyclic) bond motifs is 3. The number of rotatable bonds is 4. The molecule has 29 heavy (non-hydrogen) atoms. The fraction of sp³-hybridized carbons (Fsp3) is 0.154. The van der Waals surface area contributed by atoms with Gasteiger partial charge in [0.25, 0.3) is 0 Å². The van der Waals surface area contributed by atoms with E-state index in [1.807, 2.05) is 24.4 Å². The molecule has 0 aliphatic rings. The van der Waals surface area contributed by atoms with Crippen molar-refractivity contribution < 1.29 is 4.42 Å². The first-order chi connectivity index (χ1) is 14.2. The van der Waals surface area contributed by atoms with Gasteiger partial charge in [-0.05, 0) is 48.2 Å². The third-order valence-corrected chi connectivity index (χ3v) is 5.18. The van der Waals surface area contributed by atoms with Crippen LogP contribution in [0.15, 0.2) is 83.4 Å². The first-order valence-corrected chi connectivity index (χ1v) is 10.0. The lowest BCUT2D eigenvalue weighted by molar-refractivity contribution is 0.646. The fourth-order valence-corrected chi connectivity index (χ4v) is 3.87. The van der Waals surface area contributed by atoms with Gasteiger partial charge < -0.3 is 4.42 Å². The summed E-state index contributed by atoms with van der Waals surface area (Å²) in [4.78, 5) is 9.41. The summed E-state index contributed by atoms with van der Waals surface area (Å²) in [7, 11) is 0. The number of furan rings is 1. The Hall–Kier alpha value is -3.46. The molecule has 0 amide bonds. The molecule has 0 unspecified atom stereocenters. The van der Waals surface area contributed by atoms with Crippen molar-refractivity contribution in [2.24, 2.45) is 5.92 Å². The second-order valence-corrected chi connectivity index (χ2v) is 7.85. The molecule has 3 aromatic heterocycles. The standard InChI is InChI=1S/C26H22N2O/c1-17(2)15-18-13-14-27-24(16-18)22-10-6-9-20-21-11-12-23(19-7-4-3-5-8-19)28-26(21)29-25(20)22/h3-14,16-17H,15H2,1-2H3. The largest absolute Gasteiger partial charge is 0.437 e. The van der Waals surface area contributed by atoms with Gasteiger partial charge in [-0.3, -0.25) is 4.98 Å². The molecular formula is C26H22N2O. The van der Waals surface area contributed by atoms with Gasteiger partial charge in [-0.15, -0.1) is 0 Å². The number of para-hydroxylation sites is 1. The third-order valence-electron chi connectivity index (χ3n) is 5.18. The van der Waals surface area contributed by atoms with Crippen LogP contribution in [0.3, 0.4) is 0 Å². The van der Waals surface area contributed by atoms with E-state index in [1.165, 1.54) is 5.56 Å². The van der Waals surface area contributed by atoms with E-state index in [0.29, 0.717) is 11.6 Å². The minimum atomic E-state index is 0.604. The average molecular weight is 378 g/mol. The van der Waals surface area contributed by atoms with Gasteiger partial charge in [0.2, 0.25) is 5.71 Å². The summed E-state index contributed by atoms with van der Waals surface area (Å²) < 4.78 is 6.27. The van der Waals surface area contributed by atoms with Gasteiger partial charge in [-0.2, -0.15) is 0 Å². The Balaban J connectivity index is 1.66. The minimum Gasteiger partial charge on any atom is -0.437 e. The molecule has 0 spiro atoms. The Morgan fingerprint density at radius 3 is 2.52 bits per heavy atom. The molecule has 0 aliphatic carbocycles. The highest BCUT2D eigenvalue weighted by Crippen LogP contribution is 2.35. The Morgan fingerprint density at radius 2 is 1.69 bits per heavy atom. The summed E-state index contributed by atoms with van der Waals surface area (Å²) in [6, 6.07) is 24.8. The maximum atomic E-state index is 6.27. The summed E-state index contributed by atoms with van der Waals surface area (Å²) in [6.07, 6.45) is 2.92. The highest BCUT2D eigenvalue weighted by Gasteiger charge is 2.15. The van der Waals surface area contributed by atoms with Crippen LogP contribution in [0.5, 0.6) is 0 Å². The molecule has 0 bridgehead atoms. The van der Waals surface area contributed by atoms with Crippen molar-refractivity contribution in [1.82, 2.24) is 9.97 Å². The summed E-state index contributed by atoms with van der Waals surface area (Å²) in [5.74, 6) is 0.604. The normalized spacial score (nSPS) is 11.6. The number of aromatic nitrogens is 2. The van der Waals surface area contributed by atoms with Crippen molar-refractivity contribution >= 4 is 22.1 Å². The molecule has 5 rings (SSSR count). The van der Waals surface area contributed by atoms with Gasteiger partial charge in [0.1, 0.15) is 5.58 Å². The van der Waals surface area contributed by atoms with E-state index < -0.39 is 0 Å². The highest BCUT2D eigenvalue weighted by molar-refractivity contribution is 6.08. The molecule has 3 heteroatoms. The zero-order chi connectivity index (χ0) is 19.8. The molecule has 0 atom stereocenters. The Morgan fingerprint density at radius 1 is 0.828 bits per heavy atom. The van der Waals surface area contributed by atoms with Crippen LogP contribution >= 0.6 is 0 Å². The van der Waals surface area contributed by atoms with E-state index in [-0.39, 0.29) is 0 Å². The number of pyridine rings is 2. The van der Waals surface area contributed by atoms with Crippen molar-refractivity contribution in [3.8, 4) is 22.5 Å². The van der Waals surface area contributed by atoms with Crippen molar-refractivity contribution in [1.29, 1.82) is 0 Å². The molecule has 3 heterocycles. The second-order valence-electron chi connectivity index (χ2n) is 7.85. The molecule has 0 saturated carbocycles. The van der Waals surface area contributed by atoms with Gasteiger partial charge in [0.05, 0.1) is 11.4 Å². The van der Waals surface area contributed by atoms with Gasteiger partial charge in [-0.1, -0.05) is 56.3 Å². The van der Waals surface area contributed by atoms with Gasteiger partial charge in [0.15, 0.2) is 0 Å². The first-order valence-electron chi connectivity index (χ1n) is 10.0. The molecule has 0 N–H and O–H groups in total. The first kappa shape index (κ1) is 17.6. The maximum absolute atomic E-state index is 6.27. The second kappa shape index (κ2) is 7.17. The lowest BCUT2D eigenvalue weighted by Gasteiger charge is -2.07. The monoisotopic (exact) mass is 378 g/mol. The van der Waals surface area contributed by atoms with Gasteiger partial charge in [-0.25, -0.2) is 4.98 Å². The summed E-state index contributed by atoms with van der Waals surface area (Å²) in [5, 5.41) is 2.10. The SMILES string of the molecule is CC(C)Cc1ccnc(-c2cccc3c2oc2nc(-c4ccccc4)ccc23)c1. The fourth-order valence-electron chi connectivity index (χ4n) is 3.87. The average Bonchev–Trinajstić information content (AvgIpc) is 3.12. The van der Waals surface area contributed by atoms with Gasteiger partial charge >= 0.3 is 0 Å². The van der Waals surface area contributed by atoms with Crippen LogP contribution in [-0.2, 0) is 6.42 Å². The quantitative estimate of drug-likeness (QED) is 0.341. The number of hydrogen-bond donors (Lipinski definition) is 0. The highest BCUT2D eigenvalue weighted by atomic mass is 16.3. The third kappa shape index (κ3) is 3.29. The summed E-state index contributed by atoms with van der Waals surface area (Å²) >= 11 is 0. The molecule has 142 valence electrons. The van der Waals surface area contributed by atoms with Gasteiger partial charge in [0, 0.05) is 28.1 Å². The van der Waals surface area contributed by atoms with Crippen molar-refractivity contribution in [3.63, 3.8) is 0 Å². The van der Waals surface area contributed by atoms with Crippen molar-refractivity contribution in [2.75, 3.05) is 0 Å². The van der Waals surface area contributed by atoms with E-state index in [1.54, 1.807) is 0 Å². The van der Waals surface area contributed by atoms with Crippen LogP contribution in [0.25, 0.3) is 44.6 Å². The molecule has 2 aromatic carbocycles. The van der Waals surface area contributed by atoms with Crippen LogP contribution in [0, 0.1) is 5.92 Å². The van der Waals surface area contributed by atoms with Crippen molar-refractivity contribution in [2.45, 2.75) is 20.3 Å². The smallest absolute Gasteiger partial charge is 0.227 e. The minimum absolute atomic E-state index is 0.604. The molecule has 0 saturated heterocycles. The Bertz CT molecular complexity index is 1300. The number of benzene rings is 2. The van der Waals surface area contributed by atoms with E-state index in [9.17, 15) is 0 Å². The van der Waals surface area contributed by atoms with Crippen LogP contribution in [-0.4, -0.2) is 9.97 Å². The van der Waals surface area contributed by atoms with E-state index >= 15 is 0 Å². The molecular weight excluding hydrogens is 356 g/mol. The number of hydrogen-bond acceptors (Lipinski definition) is 3. The molecule has 0 radical (unpaired) electrons. The van der Waals surface area contributed by atoms with Crippen LogP contribution < -0.4 is 0 Å². The Kier molecular flexibility index (Phi) is 4.36. The van der Waals surface area contributed by atoms with E-state index in [4.69, 9.17) is 9.40 Å². The molecule has 0 aliphatic heterocycles. The molecule has 0 fully saturated rings. The van der Waals surface area contributed by atoms with Crippen LogP contribution in [0.1, 0.15) is 19.4 Å². The maximum Gasteiger partial charge on any atom is 0.227 e. The summed E-state index contributed by atoms with van der Waals surface area (Å²) in [5.41, 5.74) is 6.74. The number of nitrogens with zero attached hydrogens (tertiary/aromatic N) is 2. The topological polar surface area (TPSA) is 38.9 Å². The zero-order valence-corrected chi connectivity index (χ0v) is 16.6. The summed E-state index contributed by atoms with van der Waals surface area (Å²) in [6.45, 7) is 4.46. The Labute approximate surface area is 170 Å². The predicted octanol–water partition coefficient (Wildman–Crippen LogP) is 6.91. The van der Waals surface area contributed by atoms with Crippen molar-refractivity contribution in [3.05, 3.63) is 84.6 Å². The lowest BCUT2D eigenvalue weighted by atomic mass is 10.0. The van der Waals surface area contributed by atoms with E-state index in [2.05, 4.69) is 73.4 Å². The predicted molar refractivity (Wildman–Crippen MR) is 119 cm³/mol. The molecule has 3 nitrogen and oxygen atoms in total. The molecule has 5 aromatic rings. The lowest BCUT2D eigenvalue weighted by Crippen LogP contribution is -1.95.